The molecule has 2 N–H and O–H groups in total. The number of aromatic nitrogens is 2. The number of amides is 1. The van der Waals surface area contributed by atoms with Gasteiger partial charge in [-0.25, -0.2) is 9.97 Å². The van der Waals surface area contributed by atoms with Crippen LogP contribution in [0.1, 0.15) is 27.8 Å². The summed E-state index contributed by atoms with van der Waals surface area (Å²) in [7, 11) is 1.59. The number of Topliss-reactive ketones (excluding diaryl/α,β-unsaturated/α-hetero) is 1. The monoisotopic (exact) mass is 362 g/mol. The standard InChI is InChI=1S/C20H18N4O3/c1-13(25)14-6-8-15(9-7-14)24-20(26)18-11-19(22-12-21-18)23-16-4-3-5-17(10-16)27-2/h3-12H,1-2H3,(H,24,26)(H,21,22,23). The first-order valence-electron chi connectivity index (χ1n) is 8.20. The van der Waals surface area contributed by atoms with Crippen LogP contribution >= 0.6 is 0 Å². The molecule has 136 valence electrons. The van der Waals surface area contributed by atoms with Gasteiger partial charge in [0.25, 0.3) is 5.91 Å². The number of nitrogens with zero attached hydrogens (tertiary/aromatic N) is 2. The molecule has 0 spiro atoms. The Labute approximate surface area is 156 Å². The van der Waals surface area contributed by atoms with Gasteiger partial charge >= 0.3 is 0 Å². The summed E-state index contributed by atoms with van der Waals surface area (Å²) >= 11 is 0. The summed E-state index contributed by atoms with van der Waals surface area (Å²) in [5.41, 5.74) is 2.15. The van der Waals surface area contributed by atoms with Crippen LogP contribution in [0, 0.1) is 0 Å². The Balaban J connectivity index is 1.72. The molecule has 3 rings (SSSR count). The Bertz CT molecular complexity index is 971. The van der Waals surface area contributed by atoms with E-state index in [1.54, 1.807) is 37.4 Å². The number of hydrogen-bond donors (Lipinski definition) is 2. The number of ether oxygens (including phenoxy) is 1. The second-order valence-corrected chi connectivity index (χ2v) is 5.73. The Morgan fingerprint density at radius 3 is 2.44 bits per heavy atom. The first kappa shape index (κ1) is 18.1. The second-order valence-electron chi connectivity index (χ2n) is 5.73. The Hall–Kier alpha value is -3.74. The van der Waals surface area contributed by atoms with Crippen molar-refractivity contribution in [1.29, 1.82) is 0 Å². The lowest BCUT2D eigenvalue weighted by atomic mass is 10.1. The molecule has 1 amide bonds. The largest absolute Gasteiger partial charge is 0.497 e. The van der Waals surface area contributed by atoms with Crippen molar-refractivity contribution in [3.05, 3.63) is 72.2 Å². The first-order valence-corrected chi connectivity index (χ1v) is 8.20. The van der Waals surface area contributed by atoms with Gasteiger partial charge < -0.3 is 15.4 Å². The number of methoxy groups -OCH3 is 1. The number of carbonyl (C=O) groups excluding carboxylic acids is 2. The third-order valence-corrected chi connectivity index (χ3v) is 3.79. The zero-order chi connectivity index (χ0) is 19.2. The van der Waals surface area contributed by atoms with Crippen molar-refractivity contribution in [2.24, 2.45) is 0 Å². The highest BCUT2D eigenvalue weighted by atomic mass is 16.5. The zero-order valence-electron chi connectivity index (χ0n) is 14.9. The van der Waals surface area contributed by atoms with E-state index in [9.17, 15) is 9.59 Å². The van der Waals surface area contributed by atoms with Gasteiger partial charge in [-0.1, -0.05) is 6.07 Å². The van der Waals surface area contributed by atoms with Gasteiger partial charge in [-0.3, -0.25) is 9.59 Å². The summed E-state index contributed by atoms with van der Waals surface area (Å²) in [6.07, 6.45) is 1.32. The molecule has 0 bridgehead atoms. The maximum Gasteiger partial charge on any atom is 0.274 e. The maximum atomic E-state index is 12.4. The summed E-state index contributed by atoms with van der Waals surface area (Å²) in [4.78, 5) is 31.9. The van der Waals surface area contributed by atoms with Crippen molar-refractivity contribution in [3.8, 4) is 5.75 Å². The van der Waals surface area contributed by atoms with Gasteiger partial charge in [0.05, 0.1) is 7.11 Å². The van der Waals surface area contributed by atoms with E-state index in [2.05, 4.69) is 20.6 Å². The van der Waals surface area contributed by atoms with Crippen LogP contribution in [0.4, 0.5) is 17.2 Å². The lowest BCUT2D eigenvalue weighted by Gasteiger charge is -2.09. The summed E-state index contributed by atoms with van der Waals surface area (Å²) in [5, 5.41) is 5.85. The van der Waals surface area contributed by atoms with E-state index in [1.165, 1.54) is 13.3 Å². The third kappa shape index (κ3) is 4.66. The molecule has 0 aliphatic rings. The minimum atomic E-state index is -0.373. The highest BCUT2D eigenvalue weighted by Gasteiger charge is 2.10. The van der Waals surface area contributed by atoms with E-state index in [4.69, 9.17) is 4.74 Å². The molecule has 0 fully saturated rings. The van der Waals surface area contributed by atoms with Gasteiger partial charge in [0.1, 0.15) is 23.6 Å². The van der Waals surface area contributed by atoms with E-state index in [0.29, 0.717) is 22.8 Å². The van der Waals surface area contributed by atoms with Gasteiger partial charge in [-0.05, 0) is 43.3 Å². The molecule has 7 nitrogen and oxygen atoms in total. The molecule has 0 unspecified atom stereocenters. The molecule has 0 atom stereocenters. The number of benzene rings is 2. The smallest absolute Gasteiger partial charge is 0.274 e. The molecule has 1 heterocycles. The zero-order valence-corrected chi connectivity index (χ0v) is 14.9. The fourth-order valence-electron chi connectivity index (χ4n) is 2.38. The fourth-order valence-corrected chi connectivity index (χ4v) is 2.38. The number of rotatable bonds is 6. The van der Waals surface area contributed by atoms with E-state index >= 15 is 0 Å². The number of anilines is 3. The van der Waals surface area contributed by atoms with Crippen molar-refractivity contribution in [2.75, 3.05) is 17.7 Å². The molecular formula is C20H18N4O3. The topological polar surface area (TPSA) is 93.2 Å². The number of nitrogens with one attached hydrogen (secondary N) is 2. The minimum Gasteiger partial charge on any atom is -0.497 e. The maximum absolute atomic E-state index is 12.4. The van der Waals surface area contributed by atoms with Crippen molar-refractivity contribution in [2.45, 2.75) is 6.92 Å². The van der Waals surface area contributed by atoms with Crippen LogP contribution < -0.4 is 15.4 Å². The second kappa shape index (κ2) is 8.09. The number of carbonyl (C=O) groups is 2. The van der Waals surface area contributed by atoms with Gasteiger partial charge in [-0.15, -0.1) is 0 Å². The third-order valence-electron chi connectivity index (χ3n) is 3.79. The molecule has 2 aromatic carbocycles. The molecule has 0 aliphatic heterocycles. The molecule has 0 radical (unpaired) electrons. The van der Waals surface area contributed by atoms with E-state index in [-0.39, 0.29) is 17.4 Å². The van der Waals surface area contributed by atoms with Crippen LogP contribution in [0.2, 0.25) is 0 Å². The Morgan fingerprint density at radius 1 is 0.963 bits per heavy atom. The molecule has 27 heavy (non-hydrogen) atoms. The van der Waals surface area contributed by atoms with Crippen LogP contribution in [0.5, 0.6) is 5.75 Å². The summed E-state index contributed by atoms with van der Waals surface area (Å²) in [6.45, 7) is 1.49. The van der Waals surface area contributed by atoms with Crippen LogP contribution in [-0.2, 0) is 0 Å². The SMILES string of the molecule is COc1cccc(Nc2cc(C(=O)Nc3ccc(C(C)=O)cc3)ncn2)c1. The first-order chi connectivity index (χ1) is 13.0. The molecule has 0 saturated heterocycles. The Morgan fingerprint density at radius 2 is 1.74 bits per heavy atom. The lowest BCUT2D eigenvalue weighted by Crippen LogP contribution is -2.14. The van der Waals surface area contributed by atoms with Gasteiger partial charge in [0.2, 0.25) is 0 Å². The van der Waals surface area contributed by atoms with Crippen molar-refractivity contribution < 1.29 is 14.3 Å². The normalized spacial score (nSPS) is 10.1. The van der Waals surface area contributed by atoms with E-state index in [1.807, 2.05) is 24.3 Å². The fraction of sp³-hybridized carbons (Fsp3) is 0.100. The van der Waals surface area contributed by atoms with Gasteiger partial charge in [0, 0.05) is 29.1 Å². The van der Waals surface area contributed by atoms with Crippen molar-refractivity contribution in [1.82, 2.24) is 9.97 Å². The van der Waals surface area contributed by atoms with Gasteiger partial charge in [-0.2, -0.15) is 0 Å². The van der Waals surface area contributed by atoms with Crippen molar-refractivity contribution >= 4 is 28.9 Å². The molecule has 1 aromatic heterocycles. The number of ketones is 1. The van der Waals surface area contributed by atoms with Gasteiger partial charge in [0.15, 0.2) is 5.78 Å². The summed E-state index contributed by atoms with van der Waals surface area (Å²) in [5.74, 6) is 0.787. The molecule has 7 heteroatoms. The number of hydrogen-bond acceptors (Lipinski definition) is 6. The highest BCUT2D eigenvalue weighted by Crippen LogP contribution is 2.20. The minimum absolute atomic E-state index is 0.0306. The highest BCUT2D eigenvalue weighted by molar-refractivity contribution is 6.03. The lowest BCUT2D eigenvalue weighted by molar-refractivity contribution is 0.101. The predicted octanol–water partition coefficient (Wildman–Crippen LogP) is 3.68. The molecule has 0 aliphatic carbocycles. The average molecular weight is 362 g/mol. The quantitative estimate of drug-likeness (QED) is 0.650. The van der Waals surface area contributed by atoms with Crippen LogP contribution in [0.3, 0.4) is 0 Å². The summed E-state index contributed by atoms with van der Waals surface area (Å²) < 4.78 is 5.19. The van der Waals surface area contributed by atoms with E-state index < -0.39 is 0 Å². The van der Waals surface area contributed by atoms with Crippen LogP contribution in [0.15, 0.2) is 60.9 Å². The molecular weight excluding hydrogens is 344 g/mol. The molecule has 3 aromatic rings. The van der Waals surface area contributed by atoms with Crippen LogP contribution in [0.25, 0.3) is 0 Å². The van der Waals surface area contributed by atoms with Crippen molar-refractivity contribution in [3.63, 3.8) is 0 Å². The van der Waals surface area contributed by atoms with Crippen LogP contribution in [-0.4, -0.2) is 28.8 Å². The Kier molecular flexibility index (Phi) is 5.41. The molecule has 0 saturated carbocycles. The average Bonchev–Trinajstić information content (AvgIpc) is 2.68. The van der Waals surface area contributed by atoms with E-state index in [0.717, 1.165) is 5.69 Å². The predicted molar refractivity (Wildman–Crippen MR) is 103 cm³/mol. The summed E-state index contributed by atoms with van der Waals surface area (Å²) in [6, 6.07) is 15.6.